The minimum atomic E-state index is -0.569. The molecule has 0 saturated heterocycles. The van der Waals surface area contributed by atoms with Crippen LogP contribution in [0.2, 0.25) is 0 Å². The first-order chi connectivity index (χ1) is 4.45. The average Bonchev–Trinajstić information content (AvgIpc) is 1.85. The summed E-state index contributed by atoms with van der Waals surface area (Å²) in [5, 5.41) is 9.24. The van der Waals surface area contributed by atoms with Gasteiger partial charge in [0, 0.05) is 0 Å². The van der Waals surface area contributed by atoms with Crippen LogP contribution >= 0.6 is 0 Å². The summed E-state index contributed by atoms with van der Waals surface area (Å²) in [7, 11) is 0. The van der Waals surface area contributed by atoms with Gasteiger partial charge < -0.3 is 5.11 Å². The summed E-state index contributed by atoms with van der Waals surface area (Å²) < 4.78 is 0. The van der Waals surface area contributed by atoms with Gasteiger partial charge in [0.2, 0.25) is 0 Å². The molecule has 0 fully saturated rings. The van der Waals surface area contributed by atoms with E-state index in [2.05, 4.69) is 12.5 Å². The van der Waals surface area contributed by atoms with E-state index in [1.807, 2.05) is 6.92 Å². The lowest BCUT2D eigenvalue weighted by Crippen LogP contribution is -2.28. The van der Waals surface area contributed by atoms with Crippen molar-refractivity contribution in [3.63, 3.8) is 0 Å². The molecule has 0 aliphatic heterocycles. The first kappa shape index (κ1) is 9.26. The molecule has 0 amide bonds. The average molecular weight is 138 g/mol. The Morgan fingerprint density at radius 1 is 1.80 bits per heavy atom. The van der Waals surface area contributed by atoms with Gasteiger partial charge in [0.15, 0.2) is 0 Å². The SMILES string of the molecule is C#CC(C)(C(=C)C)C(C)O. The smallest absolute Gasteiger partial charge is 0.0742 e. The molecule has 0 bridgehead atoms. The Morgan fingerprint density at radius 3 is 2.20 bits per heavy atom. The van der Waals surface area contributed by atoms with Gasteiger partial charge in [-0.25, -0.2) is 0 Å². The van der Waals surface area contributed by atoms with Crippen LogP contribution in [0, 0.1) is 17.8 Å². The lowest BCUT2D eigenvalue weighted by molar-refractivity contribution is 0.116. The molecule has 0 aliphatic rings. The quantitative estimate of drug-likeness (QED) is 0.453. The zero-order valence-electron chi connectivity index (χ0n) is 6.81. The van der Waals surface area contributed by atoms with Gasteiger partial charge in [0.1, 0.15) is 0 Å². The molecule has 0 saturated carbocycles. The van der Waals surface area contributed by atoms with Crippen LogP contribution in [0.3, 0.4) is 0 Å². The third-order valence-electron chi connectivity index (χ3n) is 2.02. The van der Waals surface area contributed by atoms with Crippen molar-refractivity contribution in [2.24, 2.45) is 5.41 Å². The molecule has 56 valence electrons. The Bertz CT molecular complexity index is 174. The normalized spacial score (nSPS) is 18.7. The Kier molecular flexibility index (Phi) is 2.68. The zero-order chi connectivity index (χ0) is 8.36. The van der Waals surface area contributed by atoms with E-state index in [-0.39, 0.29) is 0 Å². The highest BCUT2D eigenvalue weighted by molar-refractivity contribution is 5.22. The number of aliphatic hydroxyl groups excluding tert-OH is 1. The monoisotopic (exact) mass is 138 g/mol. The van der Waals surface area contributed by atoms with E-state index in [9.17, 15) is 5.11 Å². The van der Waals surface area contributed by atoms with Crippen molar-refractivity contribution in [3.8, 4) is 12.3 Å². The molecule has 0 heterocycles. The molecule has 0 aromatic heterocycles. The van der Waals surface area contributed by atoms with E-state index >= 15 is 0 Å². The summed E-state index contributed by atoms with van der Waals surface area (Å²) in [6, 6.07) is 0. The van der Waals surface area contributed by atoms with E-state index < -0.39 is 11.5 Å². The van der Waals surface area contributed by atoms with Crippen LogP contribution in [0.4, 0.5) is 0 Å². The Morgan fingerprint density at radius 2 is 2.20 bits per heavy atom. The lowest BCUT2D eigenvalue weighted by Gasteiger charge is -2.26. The van der Waals surface area contributed by atoms with E-state index in [1.165, 1.54) is 0 Å². The molecule has 0 aromatic rings. The predicted molar refractivity (Wildman–Crippen MR) is 43.4 cm³/mol. The molecule has 2 atom stereocenters. The highest BCUT2D eigenvalue weighted by atomic mass is 16.3. The molecule has 0 spiro atoms. The maximum atomic E-state index is 9.24. The maximum Gasteiger partial charge on any atom is 0.0742 e. The minimum Gasteiger partial charge on any atom is -0.392 e. The van der Waals surface area contributed by atoms with Crippen LogP contribution in [0.5, 0.6) is 0 Å². The largest absolute Gasteiger partial charge is 0.392 e. The van der Waals surface area contributed by atoms with Gasteiger partial charge in [0.05, 0.1) is 11.5 Å². The van der Waals surface area contributed by atoms with Crippen LogP contribution in [0.1, 0.15) is 20.8 Å². The van der Waals surface area contributed by atoms with Crippen molar-refractivity contribution in [2.45, 2.75) is 26.9 Å². The molecule has 1 N–H and O–H groups in total. The van der Waals surface area contributed by atoms with Gasteiger partial charge in [0.25, 0.3) is 0 Å². The van der Waals surface area contributed by atoms with Crippen LogP contribution in [-0.2, 0) is 0 Å². The lowest BCUT2D eigenvalue weighted by atomic mass is 9.80. The van der Waals surface area contributed by atoms with Crippen molar-refractivity contribution in [3.05, 3.63) is 12.2 Å². The van der Waals surface area contributed by atoms with Crippen molar-refractivity contribution in [1.82, 2.24) is 0 Å². The van der Waals surface area contributed by atoms with E-state index in [1.54, 1.807) is 13.8 Å². The Balaban J connectivity index is 4.60. The summed E-state index contributed by atoms with van der Waals surface area (Å²) in [6.45, 7) is 9.02. The summed E-state index contributed by atoms with van der Waals surface area (Å²) in [4.78, 5) is 0. The summed E-state index contributed by atoms with van der Waals surface area (Å²) >= 11 is 0. The summed E-state index contributed by atoms with van der Waals surface area (Å²) in [6.07, 6.45) is 4.71. The first-order valence-corrected chi connectivity index (χ1v) is 3.27. The maximum absolute atomic E-state index is 9.24. The third kappa shape index (κ3) is 1.40. The Hall–Kier alpha value is -0.740. The molecule has 0 rings (SSSR count). The van der Waals surface area contributed by atoms with E-state index in [0.29, 0.717) is 0 Å². The van der Waals surface area contributed by atoms with Crippen LogP contribution in [0.15, 0.2) is 12.2 Å². The van der Waals surface area contributed by atoms with Crippen molar-refractivity contribution >= 4 is 0 Å². The van der Waals surface area contributed by atoms with Gasteiger partial charge in [-0.1, -0.05) is 18.1 Å². The van der Waals surface area contributed by atoms with Crippen LogP contribution in [0.25, 0.3) is 0 Å². The fourth-order valence-electron chi connectivity index (χ4n) is 0.600. The molecule has 1 heteroatoms. The van der Waals surface area contributed by atoms with Gasteiger partial charge in [-0.15, -0.1) is 6.42 Å². The highest BCUT2D eigenvalue weighted by Gasteiger charge is 2.27. The second-order valence-corrected chi connectivity index (χ2v) is 2.80. The zero-order valence-corrected chi connectivity index (χ0v) is 6.81. The van der Waals surface area contributed by atoms with Gasteiger partial charge in [-0.2, -0.15) is 0 Å². The molecule has 0 radical (unpaired) electrons. The van der Waals surface area contributed by atoms with Gasteiger partial charge >= 0.3 is 0 Å². The second-order valence-electron chi connectivity index (χ2n) is 2.80. The van der Waals surface area contributed by atoms with Gasteiger partial charge in [-0.3, -0.25) is 0 Å². The number of aliphatic hydroxyl groups is 1. The number of terminal acetylenes is 1. The molecule has 0 aliphatic carbocycles. The fourth-order valence-corrected chi connectivity index (χ4v) is 0.600. The van der Waals surface area contributed by atoms with Crippen molar-refractivity contribution in [1.29, 1.82) is 0 Å². The van der Waals surface area contributed by atoms with Crippen molar-refractivity contribution < 1.29 is 5.11 Å². The molecule has 10 heavy (non-hydrogen) atoms. The van der Waals surface area contributed by atoms with Crippen LogP contribution < -0.4 is 0 Å². The van der Waals surface area contributed by atoms with E-state index in [0.717, 1.165) is 5.57 Å². The van der Waals surface area contributed by atoms with E-state index in [4.69, 9.17) is 6.42 Å². The van der Waals surface area contributed by atoms with Crippen molar-refractivity contribution in [2.75, 3.05) is 0 Å². The number of hydrogen-bond donors (Lipinski definition) is 1. The topological polar surface area (TPSA) is 20.2 Å². The standard InChI is InChI=1S/C9H14O/c1-6-9(5,7(2)3)8(4)10/h1,8,10H,2H2,3-5H3. The van der Waals surface area contributed by atoms with Crippen LogP contribution in [-0.4, -0.2) is 11.2 Å². The third-order valence-corrected chi connectivity index (χ3v) is 2.02. The molecule has 2 unspecified atom stereocenters. The predicted octanol–water partition coefficient (Wildman–Crippen LogP) is 1.58. The molecule has 0 aromatic carbocycles. The highest BCUT2D eigenvalue weighted by Crippen LogP contribution is 2.27. The molecular formula is C9H14O. The molecular weight excluding hydrogens is 124 g/mol. The number of hydrogen-bond acceptors (Lipinski definition) is 1. The number of rotatable bonds is 2. The fraction of sp³-hybridized carbons (Fsp3) is 0.556. The Labute approximate surface area is 62.8 Å². The summed E-state index contributed by atoms with van der Waals surface area (Å²) in [5.41, 5.74) is 0.255. The second kappa shape index (κ2) is 2.90. The summed E-state index contributed by atoms with van der Waals surface area (Å²) in [5.74, 6) is 2.53. The molecule has 1 nitrogen and oxygen atoms in total. The first-order valence-electron chi connectivity index (χ1n) is 3.27. The minimum absolute atomic E-state index is 0.532. The van der Waals surface area contributed by atoms with Gasteiger partial charge in [-0.05, 0) is 20.8 Å².